The van der Waals surface area contributed by atoms with Crippen molar-refractivity contribution in [1.82, 2.24) is 10.2 Å². The van der Waals surface area contributed by atoms with Crippen LogP contribution < -0.4 is 10.1 Å². The normalized spacial score (nSPS) is 17.1. The molecule has 1 unspecified atom stereocenters. The van der Waals surface area contributed by atoms with Crippen LogP contribution in [0.1, 0.15) is 36.1 Å². The van der Waals surface area contributed by atoms with E-state index >= 15 is 0 Å². The van der Waals surface area contributed by atoms with E-state index in [2.05, 4.69) is 47.5 Å². The van der Waals surface area contributed by atoms with Gasteiger partial charge in [0, 0.05) is 30.2 Å². The van der Waals surface area contributed by atoms with Gasteiger partial charge in [0.1, 0.15) is 5.75 Å². The summed E-state index contributed by atoms with van der Waals surface area (Å²) in [5.74, 6) is 0.928. The third-order valence-corrected chi connectivity index (χ3v) is 5.02. The third kappa shape index (κ3) is 4.35. The first kappa shape index (κ1) is 18.2. The maximum atomic E-state index is 6.37. The molecule has 0 aromatic heterocycles. The molecule has 0 aliphatic carbocycles. The molecule has 0 radical (unpaired) electrons. The van der Waals surface area contributed by atoms with Crippen LogP contribution in [0.15, 0.2) is 42.5 Å². The zero-order valence-corrected chi connectivity index (χ0v) is 15.9. The molecule has 2 aromatic rings. The Bertz CT molecular complexity index is 696. The lowest BCUT2D eigenvalue weighted by molar-refractivity contribution is 0.233. The lowest BCUT2D eigenvalue weighted by atomic mass is 9.92. The van der Waals surface area contributed by atoms with Crippen LogP contribution in [0, 0.1) is 6.92 Å². The van der Waals surface area contributed by atoms with Gasteiger partial charge in [-0.25, -0.2) is 0 Å². The number of nitrogens with zero attached hydrogens (tertiary/aromatic N) is 1. The van der Waals surface area contributed by atoms with E-state index in [-0.39, 0.29) is 6.04 Å². The summed E-state index contributed by atoms with van der Waals surface area (Å²) in [4.78, 5) is 2.55. The molecule has 1 atom stereocenters. The number of halogens is 1. The maximum Gasteiger partial charge on any atom is 0.124 e. The van der Waals surface area contributed by atoms with Crippen molar-refractivity contribution in [2.75, 3.05) is 32.8 Å². The van der Waals surface area contributed by atoms with E-state index in [1.807, 2.05) is 19.1 Å². The molecule has 25 heavy (non-hydrogen) atoms. The summed E-state index contributed by atoms with van der Waals surface area (Å²) in [5, 5.41) is 4.26. The molecule has 0 saturated carbocycles. The number of hydrogen-bond acceptors (Lipinski definition) is 3. The van der Waals surface area contributed by atoms with Crippen LogP contribution in [0.3, 0.4) is 0 Å². The van der Waals surface area contributed by atoms with Crippen molar-refractivity contribution in [3.05, 3.63) is 64.2 Å². The Morgan fingerprint density at radius 2 is 1.96 bits per heavy atom. The SMILES string of the molecule is CCOc1ccc(Cl)cc1C(c1ccccc1C)N1CCCNCC1. The predicted molar refractivity (Wildman–Crippen MR) is 105 cm³/mol. The first-order chi connectivity index (χ1) is 12.2. The molecule has 3 nitrogen and oxygen atoms in total. The zero-order valence-electron chi connectivity index (χ0n) is 15.1. The van der Waals surface area contributed by atoms with Gasteiger partial charge in [0.15, 0.2) is 0 Å². The quantitative estimate of drug-likeness (QED) is 0.855. The van der Waals surface area contributed by atoms with Crippen LogP contribution in [0.25, 0.3) is 0 Å². The second-order valence-electron chi connectivity index (χ2n) is 6.51. The van der Waals surface area contributed by atoms with E-state index in [1.165, 1.54) is 11.1 Å². The van der Waals surface area contributed by atoms with Crippen molar-refractivity contribution in [1.29, 1.82) is 0 Å². The molecular weight excluding hydrogens is 332 g/mol. The van der Waals surface area contributed by atoms with Crippen LogP contribution >= 0.6 is 11.6 Å². The zero-order chi connectivity index (χ0) is 17.6. The number of benzene rings is 2. The Hall–Kier alpha value is -1.55. The van der Waals surface area contributed by atoms with Crippen LogP contribution in [-0.2, 0) is 0 Å². The van der Waals surface area contributed by atoms with Gasteiger partial charge in [-0.3, -0.25) is 4.90 Å². The van der Waals surface area contributed by atoms with Gasteiger partial charge in [-0.1, -0.05) is 35.9 Å². The van der Waals surface area contributed by atoms with Gasteiger partial charge in [-0.15, -0.1) is 0 Å². The van der Waals surface area contributed by atoms with Gasteiger partial charge in [-0.05, 0) is 56.1 Å². The summed E-state index contributed by atoms with van der Waals surface area (Å²) in [6.45, 7) is 9.01. The Morgan fingerprint density at radius 1 is 1.12 bits per heavy atom. The van der Waals surface area contributed by atoms with Crippen molar-refractivity contribution < 1.29 is 4.74 Å². The summed E-state index contributed by atoms with van der Waals surface area (Å²) in [7, 11) is 0. The fraction of sp³-hybridized carbons (Fsp3) is 0.429. The summed E-state index contributed by atoms with van der Waals surface area (Å²) < 4.78 is 5.96. The van der Waals surface area contributed by atoms with Crippen molar-refractivity contribution in [2.24, 2.45) is 0 Å². The van der Waals surface area contributed by atoms with Crippen molar-refractivity contribution in [2.45, 2.75) is 26.3 Å². The van der Waals surface area contributed by atoms with Gasteiger partial charge < -0.3 is 10.1 Å². The fourth-order valence-corrected chi connectivity index (χ4v) is 3.78. The molecule has 0 amide bonds. The highest BCUT2D eigenvalue weighted by molar-refractivity contribution is 6.30. The number of rotatable bonds is 5. The first-order valence-corrected chi connectivity index (χ1v) is 9.51. The van der Waals surface area contributed by atoms with E-state index in [1.54, 1.807) is 0 Å². The number of hydrogen-bond donors (Lipinski definition) is 1. The Balaban J connectivity index is 2.11. The largest absolute Gasteiger partial charge is 0.494 e. The molecule has 4 heteroatoms. The molecule has 3 rings (SSSR count). The van der Waals surface area contributed by atoms with E-state index in [9.17, 15) is 0 Å². The van der Waals surface area contributed by atoms with Crippen LogP contribution in [0.4, 0.5) is 0 Å². The monoisotopic (exact) mass is 358 g/mol. The highest BCUT2D eigenvalue weighted by Crippen LogP contribution is 2.38. The van der Waals surface area contributed by atoms with E-state index < -0.39 is 0 Å². The standard InChI is InChI=1S/C21H27ClN2O/c1-3-25-20-10-9-17(22)15-19(20)21(18-8-5-4-7-16(18)2)24-13-6-11-23-12-14-24/h4-5,7-10,15,21,23H,3,6,11-14H2,1-2H3. The minimum atomic E-state index is 0.154. The third-order valence-electron chi connectivity index (χ3n) is 4.79. The lowest BCUT2D eigenvalue weighted by Gasteiger charge is -2.33. The van der Waals surface area contributed by atoms with Crippen LogP contribution in [-0.4, -0.2) is 37.7 Å². The molecule has 0 bridgehead atoms. The molecule has 2 aromatic carbocycles. The van der Waals surface area contributed by atoms with E-state index in [4.69, 9.17) is 16.3 Å². The van der Waals surface area contributed by atoms with Gasteiger partial charge in [0.05, 0.1) is 12.6 Å². The first-order valence-electron chi connectivity index (χ1n) is 9.13. The smallest absolute Gasteiger partial charge is 0.124 e. The van der Waals surface area contributed by atoms with E-state index in [0.29, 0.717) is 6.61 Å². The average Bonchev–Trinajstić information content (AvgIpc) is 2.89. The van der Waals surface area contributed by atoms with Gasteiger partial charge in [0.25, 0.3) is 0 Å². The lowest BCUT2D eigenvalue weighted by Crippen LogP contribution is -2.33. The highest BCUT2D eigenvalue weighted by atomic mass is 35.5. The molecule has 134 valence electrons. The molecule has 1 N–H and O–H groups in total. The molecule has 1 saturated heterocycles. The van der Waals surface area contributed by atoms with Crippen molar-refractivity contribution in [3.63, 3.8) is 0 Å². The van der Waals surface area contributed by atoms with Crippen LogP contribution in [0.5, 0.6) is 5.75 Å². The van der Waals surface area contributed by atoms with Gasteiger partial charge in [-0.2, -0.15) is 0 Å². The van der Waals surface area contributed by atoms with E-state index in [0.717, 1.165) is 48.9 Å². The molecule has 1 aliphatic rings. The van der Waals surface area contributed by atoms with Crippen molar-refractivity contribution in [3.8, 4) is 5.75 Å². The topological polar surface area (TPSA) is 24.5 Å². The maximum absolute atomic E-state index is 6.37. The predicted octanol–water partition coefficient (Wildman–Crippen LogP) is 4.43. The number of aryl methyl sites for hydroxylation is 1. The Kier molecular flexibility index (Phi) is 6.35. The number of nitrogens with one attached hydrogen (secondary N) is 1. The Morgan fingerprint density at radius 3 is 2.76 bits per heavy atom. The summed E-state index contributed by atoms with van der Waals surface area (Å²) in [6, 6.07) is 14.8. The molecule has 0 spiro atoms. The summed E-state index contributed by atoms with van der Waals surface area (Å²) in [6.07, 6.45) is 1.15. The second-order valence-corrected chi connectivity index (χ2v) is 6.95. The fourth-order valence-electron chi connectivity index (χ4n) is 3.60. The minimum Gasteiger partial charge on any atom is -0.494 e. The molecular formula is C21H27ClN2O. The Labute approximate surface area is 155 Å². The van der Waals surface area contributed by atoms with Gasteiger partial charge >= 0.3 is 0 Å². The molecule has 1 heterocycles. The van der Waals surface area contributed by atoms with Crippen LogP contribution in [0.2, 0.25) is 5.02 Å². The minimum absolute atomic E-state index is 0.154. The molecule has 1 fully saturated rings. The molecule has 1 aliphatic heterocycles. The number of ether oxygens (including phenoxy) is 1. The average molecular weight is 359 g/mol. The summed E-state index contributed by atoms with van der Waals surface area (Å²) >= 11 is 6.37. The summed E-state index contributed by atoms with van der Waals surface area (Å²) in [5.41, 5.74) is 3.78. The van der Waals surface area contributed by atoms with Crippen molar-refractivity contribution >= 4 is 11.6 Å². The van der Waals surface area contributed by atoms with Gasteiger partial charge in [0.2, 0.25) is 0 Å². The highest BCUT2D eigenvalue weighted by Gasteiger charge is 2.27. The second kappa shape index (κ2) is 8.70.